The van der Waals surface area contributed by atoms with Crippen LogP contribution in [0, 0.1) is 6.92 Å². The summed E-state index contributed by atoms with van der Waals surface area (Å²) in [6.07, 6.45) is 7.75. The van der Waals surface area contributed by atoms with Crippen LogP contribution >= 0.6 is 0 Å². The van der Waals surface area contributed by atoms with Gasteiger partial charge < -0.3 is 15.5 Å². The van der Waals surface area contributed by atoms with Crippen LogP contribution in [-0.2, 0) is 15.9 Å². The third-order valence-electron chi connectivity index (χ3n) is 8.21. The monoisotopic (exact) mass is 429 g/mol. The van der Waals surface area contributed by atoms with Crippen molar-refractivity contribution >= 4 is 23.2 Å². The summed E-state index contributed by atoms with van der Waals surface area (Å²) in [5.74, 6) is -0.225. The smallest absolute Gasteiger partial charge is 0.279 e. The van der Waals surface area contributed by atoms with E-state index in [1.807, 2.05) is 18.2 Å². The van der Waals surface area contributed by atoms with Gasteiger partial charge in [-0.1, -0.05) is 63.3 Å². The van der Waals surface area contributed by atoms with Crippen LogP contribution in [0.1, 0.15) is 85.8 Å². The van der Waals surface area contributed by atoms with Crippen molar-refractivity contribution in [2.75, 3.05) is 10.2 Å². The van der Waals surface area contributed by atoms with Crippen LogP contribution in [-0.4, -0.2) is 17.4 Å². The molecule has 2 amide bonds. The summed E-state index contributed by atoms with van der Waals surface area (Å²) < 4.78 is 0. The number of hydrogen-bond donors (Lipinski definition) is 2. The molecule has 3 aliphatic heterocycles. The minimum atomic E-state index is -1.25. The molecule has 5 heteroatoms. The number of carbonyl (C=O) groups excluding carboxylic acids is 2. The minimum Gasteiger partial charge on any atom is -0.350 e. The lowest BCUT2D eigenvalue weighted by Crippen LogP contribution is -2.64. The van der Waals surface area contributed by atoms with E-state index < -0.39 is 5.66 Å². The standard InChI is InChI=1S/C27H31N3O2/c1-17-14-19-22-20(15-17)27(28-21-11-7-6-10-18(21)23(31)29-27)24(32)30(22)26(16-25(19,2)3)12-8-4-5-9-13-26/h6-7,10-11,14-15,28H,4-5,8-9,12-13,16H2,1-3H3,(H,29,31). The van der Waals surface area contributed by atoms with Crippen LogP contribution in [0.15, 0.2) is 36.4 Å². The van der Waals surface area contributed by atoms with Gasteiger partial charge in [-0.15, -0.1) is 0 Å². The lowest BCUT2D eigenvalue weighted by atomic mass is 9.66. The average Bonchev–Trinajstić information content (AvgIpc) is 2.88. The second kappa shape index (κ2) is 6.37. The van der Waals surface area contributed by atoms with Crippen LogP contribution in [0.3, 0.4) is 0 Å². The zero-order valence-electron chi connectivity index (χ0n) is 19.2. The van der Waals surface area contributed by atoms with E-state index in [1.54, 1.807) is 6.07 Å². The van der Waals surface area contributed by atoms with E-state index in [-0.39, 0.29) is 22.8 Å². The maximum absolute atomic E-state index is 14.5. The van der Waals surface area contributed by atoms with Crippen molar-refractivity contribution in [1.82, 2.24) is 5.32 Å². The number of rotatable bonds is 0. The van der Waals surface area contributed by atoms with Gasteiger partial charge in [-0.05, 0) is 55.4 Å². The number of nitrogens with one attached hydrogen (secondary N) is 2. The maximum atomic E-state index is 14.5. The van der Waals surface area contributed by atoms with E-state index in [9.17, 15) is 9.59 Å². The second-order valence-electron chi connectivity index (χ2n) is 10.9. The fourth-order valence-corrected chi connectivity index (χ4v) is 6.95. The minimum absolute atomic E-state index is 0.0281. The second-order valence-corrected chi connectivity index (χ2v) is 10.9. The van der Waals surface area contributed by atoms with E-state index in [2.05, 4.69) is 48.4 Å². The van der Waals surface area contributed by atoms with Crippen molar-refractivity contribution in [3.05, 3.63) is 58.7 Å². The summed E-state index contributed by atoms with van der Waals surface area (Å²) in [5, 5.41) is 6.62. The summed E-state index contributed by atoms with van der Waals surface area (Å²) in [4.78, 5) is 29.8. The molecule has 5 nitrogen and oxygen atoms in total. The molecule has 2 N–H and O–H groups in total. The lowest BCUT2D eigenvalue weighted by Gasteiger charge is -2.52. The Kier molecular flexibility index (Phi) is 3.95. The van der Waals surface area contributed by atoms with E-state index >= 15 is 0 Å². The van der Waals surface area contributed by atoms with Gasteiger partial charge in [0.2, 0.25) is 5.66 Å². The molecule has 1 aliphatic carbocycles. The highest BCUT2D eigenvalue weighted by Crippen LogP contribution is 2.58. The van der Waals surface area contributed by atoms with Gasteiger partial charge in [-0.2, -0.15) is 0 Å². The van der Waals surface area contributed by atoms with Crippen molar-refractivity contribution in [3.63, 3.8) is 0 Å². The molecule has 2 aromatic carbocycles. The van der Waals surface area contributed by atoms with E-state index in [0.717, 1.165) is 48.9 Å². The van der Waals surface area contributed by atoms with Gasteiger partial charge in [0.25, 0.3) is 11.8 Å². The van der Waals surface area contributed by atoms with Crippen LogP contribution in [0.4, 0.5) is 11.4 Å². The summed E-state index contributed by atoms with van der Waals surface area (Å²) in [6, 6.07) is 11.8. The molecule has 2 aromatic rings. The van der Waals surface area contributed by atoms with Crippen LogP contribution in [0.2, 0.25) is 0 Å². The molecule has 32 heavy (non-hydrogen) atoms. The molecule has 1 saturated carbocycles. The topological polar surface area (TPSA) is 61.4 Å². The number of anilines is 2. The van der Waals surface area contributed by atoms with Crippen LogP contribution in [0.25, 0.3) is 0 Å². The van der Waals surface area contributed by atoms with E-state index in [0.29, 0.717) is 11.3 Å². The maximum Gasteiger partial charge on any atom is 0.279 e. The third kappa shape index (κ3) is 2.45. The average molecular weight is 430 g/mol. The Morgan fingerprint density at radius 3 is 2.34 bits per heavy atom. The zero-order valence-corrected chi connectivity index (χ0v) is 19.2. The molecule has 0 saturated heterocycles. The zero-order chi connectivity index (χ0) is 22.3. The fourth-order valence-electron chi connectivity index (χ4n) is 6.95. The molecule has 0 bridgehead atoms. The molecule has 3 heterocycles. The molecule has 166 valence electrons. The number of benzene rings is 2. The molecule has 1 fully saturated rings. The number of aryl methyl sites for hydroxylation is 1. The molecule has 2 spiro atoms. The van der Waals surface area contributed by atoms with Gasteiger partial charge in [-0.25, -0.2) is 0 Å². The summed E-state index contributed by atoms with van der Waals surface area (Å²) in [5.41, 5.74) is 4.09. The van der Waals surface area contributed by atoms with Crippen molar-refractivity contribution in [1.29, 1.82) is 0 Å². The number of nitrogens with zero attached hydrogens (tertiary/aromatic N) is 1. The SMILES string of the molecule is Cc1cc2c3c(c1)C1(NC(=O)c4ccccc4N1)C(=O)N3C1(CCCCCC1)CC2(C)C. The molecule has 4 aliphatic rings. The van der Waals surface area contributed by atoms with Crippen LogP contribution < -0.4 is 15.5 Å². The van der Waals surface area contributed by atoms with Crippen LogP contribution in [0.5, 0.6) is 0 Å². The summed E-state index contributed by atoms with van der Waals surface area (Å²) >= 11 is 0. The predicted molar refractivity (Wildman–Crippen MR) is 126 cm³/mol. The Hall–Kier alpha value is -2.82. The van der Waals surface area contributed by atoms with Gasteiger partial charge in [0.1, 0.15) is 0 Å². The largest absolute Gasteiger partial charge is 0.350 e. The Morgan fingerprint density at radius 1 is 0.906 bits per heavy atom. The van der Waals surface area contributed by atoms with Gasteiger partial charge in [0.15, 0.2) is 0 Å². The van der Waals surface area contributed by atoms with Crippen molar-refractivity contribution in [2.24, 2.45) is 0 Å². The molecule has 1 unspecified atom stereocenters. The van der Waals surface area contributed by atoms with Crippen molar-refractivity contribution < 1.29 is 9.59 Å². The van der Waals surface area contributed by atoms with Gasteiger partial charge >= 0.3 is 0 Å². The Morgan fingerprint density at radius 2 is 1.59 bits per heavy atom. The van der Waals surface area contributed by atoms with Gasteiger partial charge in [0, 0.05) is 16.8 Å². The number of hydrogen-bond acceptors (Lipinski definition) is 3. The Labute approximate surface area is 189 Å². The highest BCUT2D eigenvalue weighted by molar-refractivity contribution is 6.16. The fraction of sp³-hybridized carbons (Fsp3) is 0.481. The van der Waals surface area contributed by atoms with Gasteiger partial charge in [-0.3, -0.25) is 9.59 Å². The molecule has 1 atom stereocenters. The first-order valence-electron chi connectivity index (χ1n) is 12.0. The normalized spacial score (nSPS) is 26.9. The Bertz CT molecular complexity index is 1160. The first kappa shape index (κ1) is 19.8. The Balaban J connectivity index is 1.62. The molecular formula is C27H31N3O2. The first-order valence-corrected chi connectivity index (χ1v) is 12.0. The number of para-hydroxylation sites is 1. The predicted octanol–water partition coefficient (Wildman–Crippen LogP) is 5.12. The molecular weight excluding hydrogens is 398 g/mol. The lowest BCUT2D eigenvalue weighted by molar-refractivity contribution is -0.124. The van der Waals surface area contributed by atoms with Gasteiger partial charge in [0.05, 0.1) is 11.3 Å². The highest BCUT2D eigenvalue weighted by atomic mass is 16.2. The van der Waals surface area contributed by atoms with Crippen molar-refractivity contribution in [2.45, 2.75) is 82.3 Å². The quantitative estimate of drug-likeness (QED) is 0.611. The van der Waals surface area contributed by atoms with E-state index in [1.165, 1.54) is 18.4 Å². The first-order chi connectivity index (χ1) is 15.3. The number of carbonyl (C=O) groups is 2. The summed E-state index contributed by atoms with van der Waals surface area (Å²) in [7, 11) is 0. The highest BCUT2D eigenvalue weighted by Gasteiger charge is 2.63. The number of amides is 2. The molecule has 0 radical (unpaired) electrons. The summed E-state index contributed by atoms with van der Waals surface area (Å²) in [6.45, 7) is 6.73. The third-order valence-corrected chi connectivity index (χ3v) is 8.21. The number of fused-ring (bicyclic) bond motifs is 3. The van der Waals surface area contributed by atoms with Crippen molar-refractivity contribution in [3.8, 4) is 0 Å². The molecule has 0 aromatic heterocycles. The van der Waals surface area contributed by atoms with E-state index in [4.69, 9.17) is 0 Å². The molecule has 6 rings (SSSR count).